The molecule has 0 spiro atoms. The number of nitrogens with one attached hydrogen (secondary N) is 1. The van der Waals surface area contributed by atoms with Gasteiger partial charge in [0, 0.05) is 55.6 Å². The van der Waals surface area contributed by atoms with Crippen LogP contribution < -0.4 is 10.2 Å². The van der Waals surface area contributed by atoms with E-state index in [2.05, 4.69) is 29.8 Å². The second-order valence-electron chi connectivity index (χ2n) is 5.45. The molecule has 3 aromatic rings. The van der Waals surface area contributed by atoms with Gasteiger partial charge >= 0.3 is 0 Å². The molecule has 0 aliphatic carbocycles. The van der Waals surface area contributed by atoms with Gasteiger partial charge in [-0.05, 0) is 29.7 Å². The molecule has 8 heteroatoms. The Hall–Kier alpha value is -2.87. The number of pyridine rings is 2. The van der Waals surface area contributed by atoms with Gasteiger partial charge in [-0.1, -0.05) is 16.6 Å². The molecule has 7 nitrogen and oxygen atoms in total. The maximum atomic E-state index is 12.0. The van der Waals surface area contributed by atoms with Crippen LogP contribution in [0.4, 0.5) is 5.82 Å². The number of hydrogen-bond acceptors (Lipinski definition) is 7. The van der Waals surface area contributed by atoms with E-state index in [9.17, 15) is 4.79 Å². The first-order valence-corrected chi connectivity index (χ1v) is 8.68. The molecule has 128 valence electrons. The van der Waals surface area contributed by atoms with Crippen molar-refractivity contribution in [2.24, 2.45) is 0 Å². The Morgan fingerprint density at radius 1 is 1.20 bits per heavy atom. The molecule has 0 aromatic carbocycles. The zero-order valence-corrected chi connectivity index (χ0v) is 14.6. The topological polar surface area (TPSA) is 83.9 Å². The van der Waals surface area contributed by atoms with Gasteiger partial charge < -0.3 is 10.2 Å². The molecule has 3 heterocycles. The van der Waals surface area contributed by atoms with Gasteiger partial charge in [-0.25, -0.2) is 4.98 Å². The largest absolute Gasteiger partial charge is 0.359 e. The lowest BCUT2D eigenvalue weighted by Crippen LogP contribution is -2.27. The fourth-order valence-electron chi connectivity index (χ4n) is 2.38. The smallest absolute Gasteiger partial charge is 0.273 e. The third-order valence-electron chi connectivity index (χ3n) is 3.69. The molecule has 1 amide bonds. The molecule has 3 rings (SSSR count). The van der Waals surface area contributed by atoms with E-state index >= 15 is 0 Å². The highest BCUT2D eigenvalue weighted by Crippen LogP contribution is 2.16. The van der Waals surface area contributed by atoms with Crippen LogP contribution in [0.5, 0.6) is 0 Å². The summed E-state index contributed by atoms with van der Waals surface area (Å²) in [5.74, 6) is 0.606. The van der Waals surface area contributed by atoms with Crippen molar-refractivity contribution in [2.45, 2.75) is 13.0 Å². The molecule has 0 saturated carbocycles. The predicted molar refractivity (Wildman–Crippen MR) is 96.5 cm³/mol. The van der Waals surface area contributed by atoms with Crippen LogP contribution in [-0.4, -0.2) is 39.1 Å². The molecule has 0 aliphatic rings. The minimum absolute atomic E-state index is 0.236. The summed E-state index contributed by atoms with van der Waals surface area (Å²) in [7, 11) is 1.99. The summed E-state index contributed by atoms with van der Waals surface area (Å²) >= 11 is 1.15. The Kier molecular flexibility index (Phi) is 5.63. The number of carbonyl (C=O) groups is 1. The van der Waals surface area contributed by atoms with Crippen molar-refractivity contribution >= 4 is 23.3 Å². The Bertz CT molecular complexity index is 809. The van der Waals surface area contributed by atoms with Gasteiger partial charge in [-0.3, -0.25) is 9.78 Å². The summed E-state index contributed by atoms with van der Waals surface area (Å²) in [5.41, 5.74) is 2.32. The highest BCUT2D eigenvalue weighted by molar-refractivity contribution is 7.03. The minimum atomic E-state index is -0.236. The average Bonchev–Trinajstić information content (AvgIpc) is 3.20. The molecular formula is C17H18N6OS. The molecular weight excluding hydrogens is 336 g/mol. The quantitative estimate of drug-likeness (QED) is 0.698. The Morgan fingerprint density at radius 2 is 2.08 bits per heavy atom. The Morgan fingerprint density at radius 3 is 2.84 bits per heavy atom. The van der Waals surface area contributed by atoms with Crippen LogP contribution in [0, 0.1) is 0 Å². The molecule has 25 heavy (non-hydrogen) atoms. The van der Waals surface area contributed by atoms with Crippen molar-refractivity contribution in [3.05, 3.63) is 65.1 Å². The van der Waals surface area contributed by atoms with Crippen molar-refractivity contribution < 1.29 is 4.79 Å². The zero-order valence-electron chi connectivity index (χ0n) is 13.8. The first-order valence-electron chi connectivity index (χ1n) is 7.84. The van der Waals surface area contributed by atoms with E-state index in [1.165, 1.54) is 0 Å². The van der Waals surface area contributed by atoms with Crippen LogP contribution in [0.15, 0.2) is 48.1 Å². The summed E-state index contributed by atoms with van der Waals surface area (Å²) in [4.78, 5) is 22.9. The lowest BCUT2D eigenvalue weighted by Gasteiger charge is -2.21. The first-order chi connectivity index (χ1) is 12.2. The number of aromatic nitrogens is 4. The molecule has 3 aromatic heterocycles. The second-order valence-corrected chi connectivity index (χ2v) is 6.06. The van der Waals surface area contributed by atoms with Crippen molar-refractivity contribution in [3.63, 3.8) is 0 Å². The monoisotopic (exact) mass is 354 g/mol. The molecule has 0 fully saturated rings. The van der Waals surface area contributed by atoms with Crippen LogP contribution in [0.2, 0.25) is 0 Å². The van der Waals surface area contributed by atoms with Crippen molar-refractivity contribution in [3.8, 4) is 0 Å². The van der Waals surface area contributed by atoms with Crippen LogP contribution in [0.3, 0.4) is 0 Å². The van der Waals surface area contributed by atoms with E-state index < -0.39 is 0 Å². The third-order valence-corrected chi connectivity index (χ3v) is 4.20. The van der Waals surface area contributed by atoms with E-state index in [1.54, 1.807) is 17.8 Å². The second kappa shape index (κ2) is 8.29. The number of nitrogens with zero attached hydrogens (tertiary/aromatic N) is 5. The van der Waals surface area contributed by atoms with Crippen LogP contribution >= 0.6 is 11.5 Å². The summed E-state index contributed by atoms with van der Waals surface area (Å²) in [6.07, 6.45) is 4.37. The van der Waals surface area contributed by atoms with Crippen LogP contribution in [-0.2, 0) is 13.0 Å². The molecule has 0 radical (unpaired) electrons. The van der Waals surface area contributed by atoms with Crippen LogP contribution in [0.1, 0.15) is 21.7 Å². The van der Waals surface area contributed by atoms with Crippen LogP contribution in [0.25, 0.3) is 0 Å². The fourth-order valence-corrected chi connectivity index (χ4v) is 2.81. The number of likely N-dealkylation sites (N-methyl/N-ethyl adjacent to an activating group) is 1. The third kappa shape index (κ3) is 4.57. The van der Waals surface area contributed by atoms with E-state index in [0.29, 0.717) is 12.2 Å². The lowest BCUT2D eigenvalue weighted by molar-refractivity contribution is 0.0946. The van der Waals surface area contributed by atoms with Gasteiger partial charge in [-0.15, -0.1) is 5.10 Å². The van der Waals surface area contributed by atoms with Gasteiger partial charge in [0.25, 0.3) is 5.91 Å². The zero-order chi connectivity index (χ0) is 17.5. The molecule has 0 atom stereocenters. The van der Waals surface area contributed by atoms with Gasteiger partial charge in [0.2, 0.25) is 0 Å². The van der Waals surface area contributed by atoms with E-state index in [1.807, 2.05) is 37.4 Å². The summed E-state index contributed by atoms with van der Waals surface area (Å²) in [6, 6.07) is 9.72. The molecule has 0 aliphatic heterocycles. The van der Waals surface area contributed by atoms with E-state index in [0.717, 1.165) is 41.6 Å². The van der Waals surface area contributed by atoms with Gasteiger partial charge in [0.15, 0.2) is 5.69 Å². The van der Waals surface area contributed by atoms with Crippen molar-refractivity contribution in [1.29, 1.82) is 0 Å². The SMILES string of the molecule is CN(CCc1ccccn1)c1ncccc1CNC(=O)c1csnn1. The van der Waals surface area contributed by atoms with E-state index in [-0.39, 0.29) is 5.91 Å². The minimum Gasteiger partial charge on any atom is -0.359 e. The van der Waals surface area contributed by atoms with Gasteiger partial charge in [0.05, 0.1) is 0 Å². The highest BCUT2D eigenvalue weighted by Gasteiger charge is 2.12. The fraction of sp³-hybridized carbons (Fsp3) is 0.235. The van der Waals surface area contributed by atoms with Crippen molar-refractivity contribution in [1.82, 2.24) is 24.9 Å². The number of amides is 1. The Labute approximate surface area is 149 Å². The number of hydrogen-bond donors (Lipinski definition) is 1. The first kappa shape index (κ1) is 17.0. The normalized spacial score (nSPS) is 10.4. The standard InChI is InChI=1S/C17H18N6OS/c1-23(10-7-14-6-2-3-8-18-14)16-13(5-4-9-19-16)11-20-17(24)15-12-25-22-21-15/h2-6,8-9,12H,7,10-11H2,1H3,(H,20,24). The van der Waals surface area contributed by atoms with E-state index in [4.69, 9.17) is 0 Å². The molecule has 0 saturated heterocycles. The van der Waals surface area contributed by atoms with Gasteiger partial charge in [0.1, 0.15) is 5.82 Å². The number of carbonyl (C=O) groups excluding carboxylic acids is 1. The average molecular weight is 354 g/mol. The summed E-state index contributed by atoms with van der Waals surface area (Å²) < 4.78 is 3.70. The van der Waals surface area contributed by atoms with Gasteiger partial charge in [-0.2, -0.15) is 0 Å². The summed E-state index contributed by atoms with van der Waals surface area (Å²) in [6.45, 7) is 1.17. The Balaban J connectivity index is 1.62. The molecule has 0 bridgehead atoms. The number of anilines is 1. The maximum Gasteiger partial charge on any atom is 0.273 e. The predicted octanol–water partition coefficient (Wildman–Crippen LogP) is 1.94. The van der Waals surface area contributed by atoms with Crippen molar-refractivity contribution in [2.75, 3.05) is 18.5 Å². The lowest BCUT2D eigenvalue weighted by atomic mass is 10.2. The summed E-state index contributed by atoms with van der Waals surface area (Å²) in [5, 5.41) is 8.25. The number of rotatable bonds is 7. The maximum absolute atomic E-state index is 12.0. The highest BCUT2D eigenvalue weighted by atomic mass is 32.1. The molecule has 0 unspecified atom stereocenters. The molecule has 1 N–H and O–H groups in total.